The number of ether oxygens (including phenoxy) is 2. The van der Waals surface area contributed by atoms with Crippen LogP contribution in [-0.4, -0.2) is 44.1 Å². The normalized spacial score (nSPS) is 10.3. The van der Waals surface area contributed by atoms with Crippen molar-refractivity contribution in [1.82, 2.24) is 4.98 Å². The quantitative estimate of drug-likeness (QED) is 0.579. The average molecular weight is 439 g/mol. The standard InChI is InChI=1S/C22H21N3O5S/c1-13-18(31-22(23-13)25(2)17-8-6-5-7-9-17)19(26)24-16-11-14(20(27)29-3)10-15(12-16)21(28)30-4/h5-12H,1-4H3,(H,24,26). The molecule has 160 valence electrons. The van der Waals surface area contributed by atoms with E-state index in [9.17, 15) is 14.4 Å². The zero-order chi connectivity index (χ0) is 22.5. The minimum atomic E-state index is -0.637. The molecule has 0 spiro atoms. The molecule has 0 bridgehead atoms. The van der Waals surface area contributed by atoms with E-state index in [1.807, 2.05) is 42.3 Å². The van der Waals surface area contributed by atoms with E-state index in [1.54, 1.807) is 6.92 Å². The minimum absolute atomic E-state index is 0.117. The van der Waals surface area contributed by atoms with Crippen LogP contribution in [0.15, 0.2) is 48.5 Å². The van der Waals surface area contributed by atoms with Crippen molar-refractivity contribution in [3.8, 4) is 0 Å². The Labute approximate surface area is 183 Å². The van der Waals surface area contributed by atoms with Crippen molar-refractivity contribution < 1.29 is 23.9 Å². The van der Waals surface area contributed by atoms with Crippen molar-refractivity contribution in [2.24, 2.45) is 0 Å². The van der Waals surface area contributed by atoms with Gasteiger partial charge >= 0.3 is 11.9 Å². The molecule has 9 heteroatoms. The molecule has 0 aliphatic heterocycles. The summed E-state index contributed by atoms with van der Waals surface area (Å²) in [5.41, 5.74) is 2.01. The predicted octanol–water partition coefficient (Wildman–Crippen LogP) is 4.04. The summed E-state index contributed by atoms with van der Waals surface area (Å²) >= 11 is 1.24. The highest BCUT2D eigenvalue weighted by Gasteiger charge is 2.20. The molecular formula is C22H21N3O5S. The number of amides is 1. The smallest absolute Gasteiger partial charge is 0.337 e. The molecule has 0 saturated carbocycles. The van der Waals surface area contributed by atoms with Gasteiger partial charge in [-0.1, -0.05) is 29.5 Å². The molecule has 0 aliphatic carbocycles. The first-order chi connectivity index (χ1) is 14.8. The van der Waals surface area contributed by atoms with Crippen molar-refractivity contribution in [3.05, 3.63) is 70.2 Å². The van der Waals surface area contributed by atoms with Gasteiger partial charge in [-0.3, -0.25) is 4.79 Å². The maximum atomic E-state index is 12.9. The molecule has 3 aromatic rings. The van der Waals surface area contributed by atoms with Crippen molar-refractivity contribution >= 4 is 45.7 Å². The van der Waals surface area contributed by atoms with E-state index < -0.39 is 17.8 Å². The minimum Gasteiger partial charge on any atom is -0.465 e. The fourth-order valence-electron chi connectivity index (χ4n) is 2.86. The SMILES string of the molecule is COC(=O)c1cc(NC(=O)c2sc(N(C)c3ccccc3)nc2C)cc(C(=O)OC)c1. The number of anilines is 3. The summed E-state index contributed by atoms with van der Waals surface area (Å²) < 4.78 is 9.45. The van der Waals surface area contributed by atoms with Crippen LogP contribution in [0.5, 0.6) is 0 Å². The molecule has 0 radical (unpaired) electrons. The largest absolute Gasteiger partial charge is 0.465 e. The fraction of sp³-hybridized carbons (Fsp3) is 0.182. The van der Waals surface area contributed by atoms with E-state index in [4.69, 9.17) is 9.47 Å². The first-order valence-corrected chi connectivity index (χ1v) is 10.0. The number of methoxy groups -OCH3 is 2. The molecule has 0 fully saturated rings. The topological polar surface area (TPSA) is 97.8 Å². The van der Waals surface area contributed by atoms with Crippen molar-refractivity contribution in [1.29, 1.82) is 0 Å². The second kappa shape index (κ2) is 9.40. The monoisotopic (exact) mass is 439 g/mol. The number of nitrogens with one attached hydrogen (secondary N) is 1. The van der Waals surface area contributed by atoms with E-state index in [-0.39, 0.29) is 16.8 Å². The number of hydrogen-bond donors (Lipinski definition) is 1. The van der Waals surface area contributed by atoms with Crippen LogP contribution in [0.25, 0.3) is 0 Å². The van der Waals surface area contributed by atoms with E-state index in [0.29, 0.717) is 15.7 Å². The van der Waals surface area contributed by atoms with Gasteiger partial charge in [-0.25, -0.2) is 14.6 Å². The van der Waals surface area contributed by atoms with E-state index in [1.165, 1.54) is 43.8 Å². The lowest BCUT2D eigenvalue weighted by Gasteiger charge is -2.15. The molecule has 31 heavy (non-hydrogen) atoms. The van der Waals surface area contributed by atoms with Crippen molar-refractivity contribution in [2.75, 3.05) is 31.5 Å². The molecule has 1 aromatic heterocycles. The van der Waals surface area contributed by atoms with Crippen LogP contribution in [0.4, 0.5) is 16.5 Å². The number of nitrogens with zero attached hydrogens (tertiary/aromatic N) is 2. The van der Waals surface area contributed by atoms with Crippen molar-refractivity contribution in [2.45, 2.75) is 6.92 Å². The Morgan fingerprint density at radius 3 is 2.10 bits per heavy atom. The summed E-state index contributed by atoms with van der Waals surface area (Å²) in [4.78, 5) is 43.6. The van der Waals surface area contributed by atoms with Gasteiger partial charge in [0.1, 0.15) is 4.88 Å². The van der Waals surface area contributed by atoms with Gasteiger partial charge in [0, 0.05) is 18.4 Å². The lowest BCUT2D eigenvalue weighted by atomic mass is 10.1. The van der Waals surface area contributed by atoms with Gasteiger partial charge in [0.15, 0.2) is 5.13 Å². The molecule has 0 unspecified atom stereocenters. The number of para-hydroxylation sites is 1. The van der Waals surface area contributed by atoms with E-state index >= 15 is 0 Å². The van der Waals surface area contributed by atoms with Crippen LogP contribution in [-0.2, 0) is 9.47 Å². The Hall–Kier alpha value is -3.72. The third kappa shape index (κ3) is 4.89. The van der Waals surface area contributed by atoms with Crippen LogP contribution < -0.4 is 10.2 Å². The average Bonchev–Trinajstić information content (AvgIpc) is 3.19. The maximum Gasteiger partial charge on any atom is 0.337 e. The molecule has 2 aromatic carbocycles. The summed E-state index contributed by atoms with van der Waals surface area (Å²) in [5.74, 6) is -1.68. The molecule has 0 saturated heterocycles. The number of aryl methyl sites for hydroxylation is 1. The summed E-state index contributed by atoms with van der Waals surface area (Å²) in [6, 6.07) is 13.9. The number of aromatic nitrogens is 1. The van der Waals surface area contributed by atoms with Gasteiger partial charge in [0.05, 0.1) is 31.0 Å². The van der Waals surface area contributed by atoms with Gasteiger partial charge in [0.25, 0.3) is 5.91 Å². The maximum absolute atomic E-state index is 12.9. The summed E-state index contributed by atoms with van der Waals surface area (Å²) in [5, 5.41) is 3.39. The molecule has 8 nitrogen and oxygen atoms in total. The summed E-state index contributed by atoms with van der Waals surface area (Å²) in [6.45, 7) is 1.75. The molecule has 1 amide bonds. The highest BCUT2D eigenvalue weighted by Crippen LogP contribution is 2.31. The molecule has 0 atom stereocenters. The van der Waals surface area contributed by atoms with E-state index in [2.05, 4.69) is 10.3 Å². The number of thiazole rings is 1. The highest BCUT2D eigenvalue weighted by molar-refractivity contribution is 7.17. The van der Waals surface area contributed by atoms with Gasteiger partial charge in [0.2, 0.25) is 0 Å². The molecule has 0 aliphatic rings. The third-order valence-corrected chi connectivity index (χ3v) is 5.69. The number of benzene rings is 2. The number of esters is 2. The van der Waals surface area contributed by atoms with Gasteiger partial charge in [-0.05, 0) is 37.3 Å². The van der Waals surface area contributed by atoms with Crippen LogP contribution in [0.3, 0.4) is 0 Å². The Kier molecular flexibility index (Phi) is 6.66. The number of carbonyl (C=O) groups is 3. The number of hydrogen-bond acceptors (Lipinski definition) is 8. The first kappa shape index (κ1) is 22.0. The van der Waals surface area contributed by atoms with Gasteiger partial charge in [-0.15, -0.1) is 0 Å². The predicted molar refractivity (Wildman–Crippen MR) is 118 cm³/mol. The highest BCUT2D eigenvalue weighted by atomic mass is 32.1. The number of rotatable bonds is 6. The Bertz CT molecular complexity index is 1090. The second-order valence-electron chi connectivity index (χ2n) is 6.54. The van der Waals surface area contributed by atoms with Crippen LogP contribution in [0, 0.1) is 6.92 Å². The second-order valence-corrected chi connectivity index (χ2v) is 7.52. The van der Waals surface area contributed by atoms with Gasteiger partial charge in [-0.2, -0.15) is 0 Å². The van der Waals surface area contributed by atoms with Crippen molar-refractivity contribution in [3.63, 3.8) is 0 Å². The van der Waals surface area contributed by atoms with Crippen LogP contribution in [0.2, 0.25) is 0 Å². The molecular weight excluding hydrogens is 418 g/mol. The molecule has 1 N–H and O–H groups in total. The van der Waals surface area contributed by atoms with Crippen LogP contribution >= 0.6 is 11.3 Å². The molecule has 1 heterocycles. The van der Waals surface area contributed by atoms with Crippen LogP contribution in [0.1, 0.15) is 36.1 Å². The zero-order valence-electron chi connectivity index (χ0n) is 17.5. The van der Waals surface area contributed by atoms with E-state index in [0.717, 1.165) is 5.69 Å². The first-order valence-electron chi connectivity index (χ1n) is 9.23. The Morgan fingerprint density at radius 2 is 1.55 bits per heavy atom. The Balaban J connectivity index is 1.88. The summed E-state index contributed by atoms with van der Waals surface area (Å²) in [6.07, 6.45) is 0. The molecule has 3 rings (SSSR count). The zero-order valence-corrected chi connectivity index (χ0v) is 18.3. The Morgan fingerprint density at radius 1 is 0.968 bits per heavy atom. The number of carbonyl (C=O) groups excluding carboxylic acids is 3. The third-order valence-electron chi connectivity index (χ3n) is 4.46. The lowest BCUT2D eigenvalue weighted by Crippen LogP contribution is -2.14. The summed E-state index contributed by atoms with van der Waals surface area (Å²) in [7, 11) is 4.34. The lowest BCUT2D eigenvalue weighted by molar-refractivity contribution is 0.0599. The van der Waals surface area contributed by atoms with Gasteiger partial charge < -0.3 is 19.7 Å². The fourth-order valence-corrected chi connectivity index (χ4v) is 3.80.